The van der Waals surface area contributed by atoms with Gasteiger partial charge in [-0.1, -0.05) is 6.92 Å². The Balaban J connectivity index is 2.16. The van der Waals surface area contributed by atoms with Crippen LogP contribution in [0.2, 0.25) is 0 Å². The second kappa shape index (κ2) is 6.76. The van der Waals surface area contributed by atoms with Crippen molar-refractivity contribution in [2.75, 3.05) is 43.9 Å². The van der Waals surface area contributed by atoms with E-state index < -0.39 is 0 Å². The summed E-state index contributed by atoms with van der Waals surface area (Å²) in [5, 5.41) is 14.0. The summed E-state index contributed by atoms with van der Waals surface area (Å²) in [6.45, 7) is 5.31. The average molecular weight is 292 g/mol. The van der Waals surface area contributed by atoms with Gasteiger partial charge in [-0.05, 0) is 32.0 Å². The summed E-state index contributed by atoms with van der Waals surface area (Å²) in [7, 11) is 3.78. The molecule has 1 heterocycles. The molecule has 0 aliphatic carbocycles. The minimum atomic E-state index is -0.341. The molecule has 1 saturated heterocycles. The van der Waals surface area contributed by atoms with Gasteiger partial charge >= 0.3 is 0 Å². The minimum Gasteiger partial charge on any atom is -0.388 e. The molecular formula is C15H24N4O2. The van der Waals surface area contributed by atoms with Crippen LogP contribution in [0.5, 0.6) is 0 Å². The maximum Gasteiger partial charge on any atom is 0.273 e. The first kappa shape index (κ1) is 15.6. The van der Waals surface area contributed by atoms with Crippen LogP contribution < -0.4 is 10.2 Å². The number of anilines is 2. The fraction of sp³-hybridized carbons (Fsp3) is 0.600. The van der Waals surface area contributed by atoms with Crippen molar-refractivity contribution in [1.82, 2.24) is 4.90 Å². The van der Waals surface area contributed by atoms with Crippen molar-refractivity contribution in [3.8, 4) is 0 Å². The van der Waals surface area contributed by atoms with E-state index in [9.17, 15) is 10.1 Å². The highest BCUT2D eigenvalue weighted by atomic mass is 16.6. The Morgan fingerprint density at radius 3 is 2.86 bits per heavy atom. The number of likely N-dealkylation sites (tertiary alicyclic amines) is 1. The topological polar surface area (TPSA) is 61.6 Å². The molecule has 1 atom stereocenters. The number of hydrogen-bond acceptors (Lipinski definition) is 5. The number of non-ortho nitro benzene ring substituents is 1. The zero-order chi connectivity index (χ0) is 15.4. The van der Waals surface area contributed by atoms with E-state index >= 15 is 0 Å². The van der Waals surface area contributed by atoms with Gasteiger partial charge in [-0.3, -0.25) is 15.0 Å². The maximum atomic E-state index is 11.0. The molecule has 0 radical (unpaired) electrons. The molecular weight excluding hydrogens is 268 g/mol. The quantitative estimate of drug-likeness (QED) is 0.645. The Morgan fingerprint density at radius 1 is 1.48 bits per heavy atom. The fourth-order valence-electron chi connectivity index (χ4n) is 3.01. The van der Waals surface area contributed by atoms with Crippen molar-refractivity contribution < 1.29 is 4.92 Å². The third-order valence-corrected chi connectivity index (χ3v) is 4.23. The second-order valence-electron chi connectivity index (χ2n) is 5.55. The lowest BCUT2D eigenvalue weighted by Crippen LogP contribution is -2.38. The lowest BCUT2D eigenvalue weighted by Gasteiger charge is -2.29. The number of nitro groups is 1. The van der Waals surface area contributed by atoms with Crippen LogP contribution >= 0.6 is 0 Å². The maximum absolute atomic E-state index is 11.0. The number of rotatable bonds is 6. The third kappa shape index (κ3) is 3.64. The number of nitrogens with one attached hydrogen (secondary N) is 1. The van der Waals surface area contributed by atoms with Gasteiger partial charge in [0.05, 0.1) is 4.92 Å². The Labute approximate surface area is 125 Å². The van der Waals surface area contributed by atoms with Gasteiger partial charge in [-0.15, -0.1) is 0 Å². The first-order valence-corrected chi connectivity index (χ1v) is 7.47. The molecule has 0 amide bonds. The van der Waals surface area contributed by atoms with Gasteiger partial charge in [0, 0.05) is 50.2 Å². The number of benzene rings is 1. The lowest BCUT2D eigenvalue weighted by molar-refractivity contribution is -0.384. The fourth-order valence-corrected chi connectivity index (χ4v) is 3.01. The summed E-state index contributed by atoms with van der Waals surface area (Å²) in [5.74, 6) is 0. The minimum absolute atomic E-state index is 0.127. The first-order valence-electron chi connectivity index (χ1n) is 7.47. The number of nitro benzene ring substituents is 1. The van der Waals surface area contributed by atoms with Crippen LogP contribution in [-0.2, 0) is 0 Å². The number of hydrogen-bond donors (Lipinski definition) is 1. The lowest BCUT2D eigenvalue weighted by atomic mass is 10.1. The van der Waals surface area contributed by atoms with E-state index in [4.69, 9.17) is 0 Å². The summed E-state index contributed by atoms with van der Waals surface area (Å²) in [6, 6.07) is 5.70. The molecule has 1 aromatic rings. The monoisotopic (exact) mass is 292 g/mol. The van der Waals surface area contributed by atoms with Crippen LogP contribution in [0.25, 0.3) is 0 Å². The van der Waals surface area contributed by atoms with E-state index in [-0.39, 0.29) is 10.6 Å². The van der Waals surface area contributed by atoms with E-state index in [1.54, 1.807) is 19.2 Å². The molecule has 1 fully saturated rings. The summed E-state index contributed by atoms with van der Waals surface area (Å²) >= 11 is 0. The summed E-state index contributed by atoms with van der Waals surface area (Å²) < 4.78 is 0. The molecule has 21 heavy (non-hydrogen) atoms. The largest absolute Gasteiger partial charge is 0.388 e. The Morgan fingerprint density at radius 2 is 2.24 bits per heavy atom. The molecule has 6 nitrogen and oxygen atoms in total. The summed E-state index contributed by atoms with van der Waals surface area (Å²) in [5.41, 5.74) is 1.78. The smallest absolute Gasteiger partial charge is 0.273 e. The molecule has 2 rings (SSSR count). The zero-order valence-electron chi connectivity index (χ0n) is 13.0. The molecule has 6 heteroatoms. The van der Waals surface area contributed by atoms with E-state index in [1.807, 2.05) is 13.1 Å². The molecule has 1 unspecified atom stereocenters. The highest BCUT2D eigenvalue weighted by Crippen LogP contribution is 2.27. The molecule has 0 aromatic heterocycles. The van der Waals surface area contributed by atoms with Crippen molar-refractivity contribution in [2.24, 2.45) is 0 Å². The van der Waals surface area contributed by atoms with Crippen molar-refractivity contribution >= 4 is 17.1 Å². The van der Waals surface area contributed by atoms with Gasteiger partial charge in [0.15, 0.2) is 0 Å². The summed E-state index contributed by atoms with van der Waals surface area (Å²) in [6.07, 6.45) is 2.44. The summed E-state index contributed by atoms with van der Waals surface area (Å²) in [4.78, 5) is 15.3. The van der Waals surface area contributed by atoms with Gasteiger partial charge in [-0.25, -0.2) is 0 Å². The van der Waals surface area contributed by atoms with Crippen molar-refractivity contribution in [1.29, 1.82) is 0 Å². The van der Waals surface area contributed by atoms with Crippen LogP contribution in [0.15, 0.2) is 18.2 Å². The molecule has 116 valence electrons. The number of nitrogens with zero attached hydrogens (tertiary/aromatic N) is 3. The van der Waals surface area contributed by atoms with E-state index in [0.29, 0.717) is 6.04 Å². The van der Waals surface area contributed by atoms with E-state index in [0.717, 1.165) is 31.0 Å². The zero-order valence-corrected chi connectivity index (χ0v) is 13.0. The predicted octanol–water partition coefficient (Wildman–Crippen LogP) is 2.56. The molecule has 1 aromatic carbocycles. The van der Waals surface area contributed by atoms with Gasteiger partial charge in [0.2, 0.25) is 0 Å². The van der Waals surface area contributed by atoms with Gasteiger partial charge in [0.1, 0.15) is 0 Å². The number of likely N-dealkylation sites (N-methyl/N-ethyl adjacent to an activating group) is 2. The predicted molar refractivity (Wildman–Crippen MR) is 86.2 cm³/mol. The highest BCUT2D eigenvalue weighted by molar-refractivity contribution is 5.64. The van der Waals surface area contributed by atoms with Crippen molar-refractivity contribution in [3.63, 3.8) is 0 Å². The van der Waals surface area contributed by atoms with Gasteiger partial charge in [0.25, 0.3) is 5.69 Å². The Hall–Kier alpha value is -1.82. The molecule has 1 aliphatic heterocycles. The van der Waals surface area contributed by atoms with Crippen LogP contribution in [-0.4, -0.2) is 49.6 Å². The van der Waals surface area contributed by atoms with Gasteiger partial charge < -0.3 is 10.2 Å². The van der Waals surface area contributed by atoms with E-state index in [2.05, 4.69) is 22.0 Å². The molecule has 1 N–H and O–H groups in total. The molecule has 1 aliphatic rings. The first-order chi connectivity index (χ1) is 10.0. The van der Waals surface area contributed by atoms with Crippen LogP contribution in [0.4, 0.5) is 17.1 Å². The third-order valence-electron chi connectivity index (χ3n) is 4.23. The van der Waals surface area contributed by atoms with E-state index in [1.165, 1.54) is 12.8 Å². The Kier molecular flexibility index (Phi) is 5.01. The molecule has 0 saturated carbocycles. The van der Waals surface area contributed by atoms with Crippen LogP contribution in [0, 0.1) is 10.1 Å². The molecule has 0 spiro atoms. The SMILES string of the molecule is CCN1CCCC1CN(C)c1cc(NC)cc([N+](=O)[O-])c1. The standard InChI is InChI=1S/C15H24N4O2/c1-4-18-7-5-6-13(18)11-17(3)14-8-12(16-2)9-15(10-14)19(20)21/h8-10,13,16H,4-7,11H2,1-3H3. The van der Waals surface area contributed by atoms with Crippen LogP contribution in [0.1, 0.15) is 19.8 Å². The highest BCUT2D eigenvalue weighted by Gasteiger charge is 2.24. The van der Waals surface area contributed by atoms with Crippen molar-refractivity contribution in [3.05, 3.63) is 28.3 Å². The van der Waals surface area contributed by atoms with Crippen molar-refractivity contribution in [2.45, 2.75) is 25.8 Å². The second-order valence-corrected chi connectivity index (χ2v) is 5.55. The molecule has 0 bridgehead atoms. The van der Waals surface area contributed by atoms with Gasteiger partial charge in [-0.2, -0.15) is 0 Å². The Bertz CT molecular complexity index is 506. The normalized spacial score (nSPS) is 18.7. The average Bonchev–Trinajstić information content (AvgIpc) is 2.93. The van der Waals surface area contributed by atoms with Crippen LogP contribution in [0.3, 0.4) is 0 Å².